The summed E-state index contributed by atoms with van der Waals surface area (Å²) in [4.78, 5) is 19.0. The van der Waals surface area contributed by atoms with E-state index in [0.717, 1.165) is 60.4 Å². The highest BCUT2D eigenvalue weighted by molar-refractivity contribution is 7.98. The molecule has 0 aliphatic carbocycles. The zero-order valence-electron chi connectivity index (χ0n) is 16.5. The van der Waals surface area contributed by atoms with Gasteiger partial charge in [-0.2, -0.15) is 0 Å². The van der Waals surface area contributed by atoms with E-state index in [2.05, 4.69) is 45.3 Å². The molecule has 0 aromatic carbocycles. The molecule has 0 bridgehead atoms. The second-order valence-corrected chi connectivity index (χ2v) is 8.15. The van der Waals surface area contributed by atoms with Crippen LogP contribution in [0.5, 0.6) is 0 Å². The summed E-state index contributed by atoms with van der Waals surface area (Å²) in [6.07, 6.45) is 7.93. The molecule has 4 heterocycles. The van der Waals surface area contributed by atoms with E-state index in [1.807, 2.05) is 17.2 Å². The van der Waals surface area contributed by atoms with Gasteiger partial charge in [-0.15, -0.1) is 10.2 Å². The Balaban J connectivity index is 1.47. The van der Waals surface area contributed by atoms with E-state index < -0.39 is 0 Å². The molecule has 1 aliphatic heterocycles. The number of fused-ring (bicyclic) bond motifs is 1. The van der Waals surface area contributed by atoms with E-state index in [1.165, 1.54) is 5.56 Å². The van der Waals surface area contributed by atoms with Crippen LogP contribution in [0.1, 0.15) is 49.7 Å². The highest BCUT2D eigenvalue weighted by Gasteiger charge is 2.20. The second kappa shape index (κ2) is 8.34. The molecule has 3 aromatic rings. The van der Waals surface area contributed by atoms with E-state index in [1.54, 1.807) is 11.8 Å². The lowest BCUT2D eigenvalue weighted by Gasteiger charge is -2.20. The number of carbonyl (C=O) groups excluding carboxylic acids is 1. The molecule has 1 saturated heterocycles. The van der Waals surface area contributed by atoms with Crippen LogP contribution in [-0.4, -0.2) is 41.5 Å². The Hall–Kier alpha value is -2.35. The predicted octanol–water partition coefficient (Wildman–Crippen LogP) is 3.45. The number of likely N-dealkylation sites (tertiary alicyclic amines) is 1. The first kappa shape index (κ1) is 19.0. The van der Waals surface area contributed by atoms with E-state index in [0.29, 0.717) is 13.0 Å². The molecule has 1 aliphatic rings. The largest absolute Gasteiger partial charge is 0.335 e. The SMILES string of the molecule is CCn1c(CN2CCCCCC2=O)nnc1SCc1cn2cccc(C)c2n1. The average molecular weight is 399 g/mol. The fourth-order valence-corrected chi connectivity index (χ4v) is 4.55. The molecule has 0 radical (unpaired) electrons. The number of aromatic nitrogens is 5. The summed E-state index contributed by atoms with van der Waals surface area (Å²) < 4.78 is 4.18. The Labute approximate surface area is 169 Å². The summed E-state index contributed by atoms with van der Waals surface area (Å²) in [5.41, 5.74) is 3.18. The minimum absolute atomic E-state index is 0.234. The van der Waals surface area contributed by atoms with Crippen molar-refractivity contribution in [2.75, 3.05) is 6.54 Å². The highest BCUT2D eigenvalue weighted by Crippen LogP contribution is 2.23. The van der Waals surface area contributed by atoms with Gasteiger partial charge in [0.05, 0.1) is 12.2 Å². The number of nitrogens with zero attached hydrogens (tertiary/aromatic N) is 6. The van der Waals surface area contributed by atoms with Crippen LogP contribution in [0.3, 0.4) is 0 Å². The van der Waals surface area contributed by atoms with E-state index in [9.17, 15) is 4.79 Å². The van der Waals surface area contributed by atoms with Gasteiger partial charge >= 0.3 is 0 Å². The minimum atomic E-state index is 0.234. The molecule has 1 amide bonds. The van der Waals surface area contributed by atoms with Gasteiger partial charge in [-0.25, -0.2) is 4.98 Å². The molecule has 1 fully saturated rings. The average Bonchev–Trinajstić information content (AvgIpc) is 3.22. The number of amides is 1. The number of carbonyl (C=O) groups is 1. The summed E-state index contributed by atoms with van der Waals surface area (Å²) in [6.45, 7) is 6.32. The van der Waals surface area contributed by atoms with Gasteiger partial charge in [-0.05, 0) is 38.3 Å². The van der Waals surface area contributed by atoms with Crippen molar-refractivity contribution >= 4 is 23.3 Å². The van der Waals surface area contributed by atoms with Gasteiger partial charge < -0.3 is 13.9 Å². The maximum absolute atomic E-state index is 12.3. The van der Waals surface area contributed by atoms with Gasteiger partial charge in [-0.3, -0.25) is 4.79 Å². The molecule has 0 N–H and O–H groups in total. The fourth-order valence-electron chi connectivity index (χ4n) is 3.65. The van der Waals surface area contributed by atoms with Crippen LogP contribution in [0, 0.1) is 6.92 Å². The van der Waals surface area contributed by atoms with Crippen LogP contribution in [0.4, 0.5) is 0 Å². The molecule has 0 saturated carbocycles. The first-order valence-electron chi connectivity index (χ1n) is 9.91. The summed E-state index contributed by atoms with van der Waals surface area (Å²) in [7, 11) is 0. The fraction of sp³-hybridized carbons (Fsp3) is 0.500. The molecule has 28 heavy (non-hydrogen) atoms. The summed E-state index contributed by atoms with van der Waals surface area (Å²) in [6, 6.07) is 4.11. The Morgan fingerprint density at radius 1 is 1.21 bits per heavy atom. The third kappa shape index (κ3) is 3.92. The Bertz CT molecular complexity index is 978. The Morgan fingerprint density at radius 3 is 2.93 bits per heavy atom. The standard InChI is InChI=1S/C20H26N6OS/c1-3-26-17(13-24-10-6-4-5-9-18(24)27)22-23-20(26)28-14-16-12-25-11-7-8-15(2)19(25)21-16/h7-8,11-12H,3-6,9-10,13-14H2,1-2H3. The molecule has 3 aromatic heterocycles. The number of hydrogen-bond acceptors (Lipinski definition) is 5. The molecule has 148 valence electrons. The number of hydrogen-bond donors (Lipinski definition) is 0. The third-order valence-electron chi connectivity index (χ3n) is 5.19. The smallest absolute Gasteiger partial charge is 0.222 e. The molecular formula is C20H26N6OS. The van der Waals surface area contributed by atoms with Crippen LogP contribution in [0.15, 0.2) is 29.7 Å². The molecule has 8 heteroatoms. The van der Waals surface area contributed by atoms with Gasteiger partial charge in [0.2, 0.25) is 5.91 Å². The zero-order chi connectivity index (χ0) is 19.5. The Morgan fingerprint density at radius 2 is 2.11 bits per heavy atom. The second-order valence-electron chi connectivity index (χ2n) is 7.21. The summed E-state index contributed by atoms with van der Waals surface area (Å²) >= 11 is 1.64. The number of pyridine rings is 1. The van der Waals surface area contributed by atoms with Crippen LogP contribution >= 0.6 is 11.8 Å². The lowest BCUT2D eigenvalue weighted by molar-refractivity contribution is -0.131. The highest BCUT2D eigenvalue weighted by atomic mass is 32.2. The lowest BCUT2D eigenvalue weighted by Crippen LogP contribution is -2.31. The first-order chi connectivity index (χ1) is 13.7. The quantitative estimate of drug-likeness (QED) is 0.595. The van der Waals surface area contributed by atoms with Crippen molar-refractivity contribution in [2.45, 2.75) is 63.5 Å². The number of thioether (sulfide) groups is 1. The molecular weight excluding hydrogens is 372 g/mol. The van der Waals surface area contributed by atoms with Crippen molar-refractivity contribution in [3.63, 3.8) is 0 Å². The maximum atomic E-state index is 12.3. The number of aryl methyl sites for hydroxylation is 1. The topological polar surface area (TPSA) is 68.3 Å². The van der Waals surface area contributed by atoms with Gasteiger partial charge in [-0.1, -0.05) is 24.2 Å². The van der Waals surface area contributed by atoms with E-state index in [4.69, 9.17) is 4.98 Å². The van der Waals surface area contributed by atoms with Crippen LogP contribution in [0.25, 0.3) is 5.65 Å². The number of rotatable bonds is 6. The maximum Gasteiger partial charge on any atom is 0.222 e. The van der Waals surface area contributed by atoms with Crippen LogP contribution in [-0.2, 0) is 23.6 Å². The molecule has 0 unspecified atom stereocenters. The number of imidazole rings is 1. The lowest BCUT2D eigenvalue weighted by atomic mass is 10.2. The van der Waals surface area contributed by atoms with Crippen LogP contribution in [0.2, 0.25) is 0 Å². The van der Waals surface area contributed by atoms with Gasteiger partial charge in [0.25, 0.3) is 0 Å². The van der Waals surface area contributed by atoms with Gasteiger partial charge in [0.1, 0.15) is 5.65 Å². The molecule has 0 atom stereocenters. The molecule has 4 rings (SSSR count). The monoisotopic (exact) mass is 398 g/mol. The normalized spacial score (nSPS) is 15.4. The van der Waals surface area contributed by atoms with Crippen molar-refractivity contribution in [3.05, 3.63) is 41.6 Å². The third-order valence-corrected chi connectivity index (χ3v) is 6.19. The van der Waals surface area contributed by atoms with Crippen molar-refractivity contribution in [3.8, 4) is 0 Å². The van der Waals surface area contributed by atoms with Crippen molar-refractivity contribution in [1.82, 2.24) is 29.0 Å². The van der Waals surface area contributed by atoms with E-state index >= 15 is 0 Å². The first-order valence-corrected chi connectivity index (χ1v) is 10.9. The van der Waals surface area contributed by atoms with Crippen molar-refractivity contribution in [2.24, 2.45) is 0 Å². The Kier molecular flexibility index (Phi) is 5.66. The van der Waals surface area contributed by atoms with Crippen LogP contribution < -0.4 is 0 Å². The molecule has 0 spiro atoms. The van der Waals surface area contributed by atoms with Gasteiger partial charge in [0.15, 0.2) is 11.0 Å². The van der Waals surface area contributed by atoms with Crippen molar-refractivity contribution < 1.29 is 4.79 Å². The van der Waals surface area contributed by atoms with Gasteiger partial charge in [0, 0.05) is 37.7 Å². The summed E-state index contributed by atoms with van der Waals surface area (Å²) in [5, 5.41) is 9.66. The predicted molar refractivity (Wildman–Crippen MR) is 109 cm³/mol. The molecule has 7 nitrogen and oxygen atoms in total. The minimum Gasteiger partial charge on any atom is -0.335 e. The zero-order valence-corrected chi connectivity index (χ0v) is 17.3. The summed E-state index contributed by atoms with van der Waals surface area (Å²) in [5.74, 6) is 1.84. The van der Waals surface area contributed by atoms with E-state index in [-0.39, 0.29) is 5.91 Å². The van der Waals surface area contributed by atoms with Crippen molar-refractivity contribution in [1.29, 1.82) is 0 Å².